The quantitative estimate of drug-likeness (QED) is 0.849. The molecule has 1 aromatic carbocycles. The van der Waals surface area contributed by atoms with Crippen LogP contribution in [0.2, 0.25) is 0 Å². The van der Waals surface area contributed by atoms with Crippen molar-refractivity contribution < 1.29 is 14.6 Å². The first-order valence-corrected chi connectivity index (χ1v) is 7.07. The average Bonchev–Trinajstić information content (AvgIpc) is 3.26. The van der Waals surface area contributed by atoms with Crippen molar-refractivity contribution in [2.75, 3.05) is 6.61 Å². The molecule has 0 spiro atoms. The van der Waals surface area contributed by atoms with Crippen LogP contribution in [0, 0.1) is 0 Å². The summed E-state index contributed by atoms with van der Waals surface area (Å²) < 4.78 is 6.71. The van der Waals surface area contributed by atoms with Gasteiger partial charge < -0.3 is 9.84 Å². The summed E-state index contributed by atoms with van der Waals surface area (Å²) in [6.45, 7) is 2.03. The molecule has 1 N–H and O–H groups in total. The third-order valence-electron chi connectivity index (χ3n) is 3.52. The predicted octanol–water partition coefficient (Wildman–Crippen LogP) is 1.81. The highest BCUT2D eigenvalue weighted by molar-refractivity contribution is 5.89. The number of nitrogens with zero attached hydrogens (tertiary/aromatic N) is 3. The second kappa shape index (κ2) is 5.65. The molecule has 0 amide bonds. The summed E-state index contributed by atoms with van der Waals surface area (Å²) in [7, 11) is 0. The van der Waals surface area contributed by atoms with E-state index in [0.717, 1.165) is 24.2 Å². The number of aromatic nitrogens is 3. The molecule has 0 unspecified atom stereocenters. The molecule has 0 bridgehead atoms. The normalized spacial score (nSPS) is 14.2. The van der Waals surface area contributed by atoms with Crippen LogP contribution in [0.5, 0.6) is 0 Å². The Bertz CT molecular complexity index is 645. The Kier molecular flexibility index (Phi) is 3.70. The molecule has 1 saturated carbocycles. The number of carbonyl (C=O) groups is 1. The second-order valence-corrected chi connectivity index (χ2v) is 5.03. The molecule has 3 rings (SSSR count). The number of esters is 1. The Labute approximate surface area is 122 Å². The van der Waals surface area contributed by atoms with Crippen LogP contribution in [0.3, 0.4) is 0 Å². The lowest BCUT2D eigenvalue weighted by atomic mass is 10.2. The van der Waals surface area contributed by atoms with Gasteiger partial charge in [0.2, 0.25) is 0 Å². The number of hydrogen-bond donors (Lipinski definition) is 1. The van der Waals surface area contributed by atoms with E-state index in [0.29, 0.717) is 23.8 Å². The lowest BCUT2D eigenvalue weighted by Crippen LogP contribution is -2.06. The summed E-state index contributed by atoms with van der Waals surface area (Å²) in [5.74, 6) is 0.0907. The van der Waals surface area contributed by atoms with Gasteiger partial charge in [-0.1, -0.05) is 5.21 Å². The van der Waals surface area contributed by atoms with Gasteiger partial charge in [-0.2, -0.15) is 0 Å². The third kappa shape index (κ3) is 2.67. The molecular weight excluding hydrogens is 270 g/mol. The summed E-state index contributed by atoms with van der Waals surface area (Å²) in [6.07, 6.45) is 2.20. The zero-order valence-electron chi connectivity index (χ0n) is 11.8. The van der Waals surface area contributed by atoms with Crippen molar-refractivity contribution in [1.29, 1.82) is 0 Å². The van der Waals surface area contributed by atoms with E-state index in [9.17, 15) is 9.90 Å². The van der Waals surface area contributed by atoms with Crippen LogP contribution in [0.1, 0.15) is 47.4 Å². The van der Waals surface area contributed by atoms with Crippen LogP contribution < -0.4 is 0 Å². The zero-order valence-corrected chi connectivity index (χ0v) is 11.8. The fraction of sp³-hybridized carbons (Fsp3) is 0.400. The second-order valence-electron chi connectivity index (χ2n) is 5.03. The number of ether oxygens (including phenoxy) is 1. The SMILES string of the molecule is CCOC(=O)c1ccc(-n2nnc(CO)c2C2CC2)cc1. The molecule has 0 radical (unpaired) electrons. The maximum Gasteiger partial charge on any atom is 0.338 e. The molecule has 0 aliphatic heterocycles. The van der Waals surface area contributed by atoms with E-state index in [1.54, 1.807) is 23.7 Å². The molecule has 21 heavy (non-hydrogen) atoms. The highest BCUT2D eigenvalue weighted by atomic mass is 16.5. The summed E-state index contributed by atoms with van der Waals surface area (Å²) in [5, 5.41) is 17.5. The summed E-state index contributed by atoms with van der Waals surface area (Å²) in [6, 6.07) is 7.05. The first-order valence-electron chi connectivity index (χ1n) is 7.07. The molecule has 0 atom stereocenters. The monoisotopic (exact) mass is 287 g/mol. The lowest BCUT2D eigenvalue weighted by molar-refractivity contribution is 0.0526. The van der Waals surface area contributed by atoms with Crippen LogP contribution in [0.25, 0.3) is 5.69 Å². The van der Waals surface area contributed by atoms with Gasteiger partial charge in [0, 0.05) is 5.92 Å². The van der Waals surface area contributed by atoms with Gasteiger partial charge in [-0.3, -0.25) is 0 Å². The first kappa shape index (κ1) is 13.8. The summed E-state index contributed by atoms with van der Waals surface area (Å²) >= 11 is 0. The predicted molar refractivity (Wildman–Crippen MR) is 75.2 cm³/mol. The summed E-state index contributed by atoms with van der Waals surface area (Å²) in [5.41, 5.74) is 2.95. The Balaban J connectivity index is 1.91. The smallest absolute Gasteiger partial charge is 0.338 e. The highest BCUT2D eigenvalue weighted by Gasteiger charge is 2.31. The molecule has 6 heteroatoms. The van der Waals surface area contributed by atoms with E-state index in [1.165, 1.54) is 0 Å². The Morgan fingerprint density at radius 3 is 2.67 bits per heavy atom. The fourth-order valence-electron chi connectivity index (χ4n) is 2.34. The molecular formula is C15H17N3O3. The summed E-state index contributed by atoms with van der Waals surface area (Å²) in [4.78, 5) is 11.6. The number of benzene rings is 1. The van der Waals surface area contributed by atoms with Crippen LogP contribution in [-0.2, 0) is 11.3 Å². The standard InChI is InChI=1S/C15H17N3O3/c1-2-21-15(20)11-5-7-12(8-6-11)18-14(10-3-4-10)13(9-19)16-17-18/h5-8,10,19H,2-4,9H2,1H3. The van der Waals surface area contributed by atoms with Gasteiger partial charge in [-0.25, -0.2) is 9.48 Å². The van der Waals surface area contributed by atoms with E-state index in [2.05, 4.69) is 10.3 Å². The molecule has 0 saturated heterocycles. The van der Waals surface area contributed by atoms with E-state index < -0.39 is 0 Å². The van der Waals surface area contributed by atoms with Crippen molar-refractivity contribution >= 4 is 5.97 Å². The molecule has 1 heterocycles. The molecule has 1 aliphatic carbocycles. The van der Waals surface area contributed by atoms with E-state index in [1.807, 2.05) is 12.1 Å². The lowest BCUT2D eigenvalue weighted by Gasteiger charge is -2.07. The maximum atomic E-state index is 11.6. The molecule has 1 fully saturated rings. The van der Waals surface area contributed by atoms with Gasteiger partial charge in [0.25, 0.3) is 0 Å². The van der Waals surface area contributed by atoms with Crippen molar-refractivity contribution in [1.82, 2.24) is 15.0 Å². The number of aliphatic hydroxyl groups is 1. The third-order valence-corrected chi connectivity index (χ3v) is 3.52. The Morgan fingerprint density at radius 2 is 2.10 bits per heavy atom. The van der Waals surface area contributed by atoms with Crippen LogP contribution in [0.4, 0.5) is 0 Å². The number of hydrogen-bond acceptors (Lipinski definition) is 5. The minimum absolute atomic E-state index is 0.104. The molecule has 1 aliphatic rings. The van der Waals surface area contributed by atoms with Crippen LogP contribution in [-0.4, -0.2) is 32.7 Å². The van der Waals surface area contributed by atoms with Crippen molar-refractivity contribution in [3.8, 4) is 5.69 Å². The Morgan fingerprint density at radius 1 is 1.38 bits per heavy atom. The van der Waals surface area contributed by atoms with E-state index in [4.69, 9.17) is 4.74 Å². The van der Waals surface area contributed by atoms with Crippen molar-refractivity contribution in [3.05, 3.63) is 41.2 Å². The fourth-order valence-corrected chi connectivity index (χ4v) is 2.34. The van der Waals surface area contributed by atoms with E-state index in [-0.39, 0.29) is 12.6 Å². The van der Waals surface area contributed by atoms with Gasteiger partial charge >= 0.3 is 5.97 Å². The van der Waals surface area contributed by atoms with Crippen LogP contribution >= 0.6 is 0 Å². The van der Waals surface area contributed by atoms with Gasteiger partial charge in [-0.15, -0.1) is 5.10 Å². The van der Waals surface area contributed by atoms with Crippen LogP contribution in [0.15, 0.2) is 24.3 Å². The Hall–Kier alpha value is -2.21. The minimum Gasteiger partial charge on any atom is -0.462 e. The van der Waals surface area contributed by atoms with Crippen molar-refractivity contribution in [2.24, 2.45) is 0 Å². The average molecular weight is 287 g/mol. The molecule has 2 aromatic rings. The first-order chi connectivity index (χ1) is 10.2. The van der Waals surface area contributed by atoms with Gasteiger partial charge in [0.15, 0.2) is 0 Å². The molecule has 6 nitrogen and oxygen atoms in total. The molecule has 1 aromatic heterocycles. The van der Waals surface area contributed by atoms with Crippen molar-refractivity contribution in [3.63, 3.8) is 0 Å². The molecule has 110 valence electrons. The van der Waals surface area contributed by atoms with Gasteiger partial charge in [-0.05, 0) is 44.0 Å². The number of aliphatic hydroxyl groups excluding tert-OH is 1. The largest absolute Gasteiger partial charge is 0.462 e. The van der Waals surface area contributed by atoms with Gasteiger partial charge in [0.05, 0.1) is 30.2 Å². The highest BCUT2D eigenvalue weighted by Crippen LogP contribution is 2.41. The van der Waals surface area contributed by atoms with Crippen molar-refractivity contribution in [2.45, 2.75) is 32.3 Å². The van der Waals surface area contributed by atoms with Gasteiger partial charge in [0.1, 0.15) is 5.69 Å². The topological polar surface area (TPSA) is 77.2 Å². The number of carbonyl (C=O) groups excluding carboxylic acids is 1. The van der Waals surface area contributed by atoms with E-state index >= 15 is 0 Å². The minimum atomic E-state index is -0.332. The number of rotatable bonds is 5. The maximum absolute atomic E-state index is 11.6. The zero-order chi connectivity index (χ0) is 14.8.